The Morgan fingerprint density at radius 1 is 1.35 bits per heavy atom. The Hall–Kier alpha value is -2.16. The zero-order chi connectivity index (χ0) is 14.5. The Balaban J connectivity index is 2.13. The van der Waals surface area contributed by atoms with Crippen LogP contribution in [-0.4, -0.2) is 16.9 Å². The molecular weight excluding hydrogens is 248 g/mol. The lowest BCUT2D eigenvalue weighted by molar-refractivity contribution is -0.117. The Bertz CT molecular complexity index is 646. The Labute approximate surface area is 119 Å². The predicted molar refractivity (Wildman–Crippen MR) is 83.4 cm³/mol. The van der Waals surface area contributed by atoms with Crippen LogP contribution in [0.4, 0.5) is 0 Å². The molecular formula is C17H20N2O. The molecule has 1 aromatic heterocycles. The van der Waals surface area contributed by atoms with Crippen molar-refractivity contribution in [3.8, 4) is 0 Å². The maximum absolute atomic E-state index is 11.7. The van der Waals surface area contributed by atoms with Gasteiger partial charge in [0.05, 0.1) is 11.2 Å². The van der Waals surface area contributed by atoms with Crippen LogP contribution in [0.3, 0.4) is 0 Å². The number of carbonyl (C=O) groups is 1. The molecule has 1 heterocycles. The highest BCUT2D eigenvalue weighted by atomic mass is 16.1. The van der Waals surface area contributed by atoms with Crippen LogP contribution in [0.25, 0.3) is 17.0 Å². The molecule has 2 aromatic rings. The fraction of sp³-hybridized carbons (Fsp3) is 0.294. The standard InChI is InChI=1S/C17H20N2O/c1-4-13(3)18-17(20)10-8-15-7-6-14-11-12(2)5-9-16(14)19-15/h5-11,13H,4H2,1-3H3,(H,18,20)/b10-8+. The summed E-state index contributed by atoms with van der Waals surface area (Å²) in [6, 6.07) is 10.3. The van der Waals surface area contributed by atoms with Crippen LogP contribution in [0.1, 0.15) is 31.5 Å². The molecule has 0 radical (unpaired) electrons. The second kappa shape index (κ2) is 6.33. The van der Waals surface area contributed by atoms with Crippen molar-refractivity contribution in [3.63, 3.8) is 0 Å². The molecule has 2 rings (SSSR count). The van der Waals surface area contributed by atoms with Crippen molar-refractivity contribution < 1.29 is 4.79 Å². The van der Waals surface area contributed by atoms with E-state index >= 15 is 0 Å². The molecule has 1 atom stereocenters. The van der Waals surface area contributed by atoms with E-state index in [2.05, 4.69) is 23.3 Å². The summed E-state index contributed by atoms with van der Waals surface area (Å²) in [6.07, 6.45) is 4.21. The quantitative estimate of drug-likeness (QED) is 0.863. The van der Waals surface area contributed by atoms with Gasteiger partial charge < -0.3 is 5.32 Å². The van der Waals surface area contributed by atoms with Crippen molar-refractivity contribution >= 4 is 22.9 Å². The van der Waals surface area contributed by atoms with Gasteiger partial charge in [0, 0.05) is 17.5 Å². The summed E-state index contributed by atoms with van der Waals surface area (Å²) in [5.41, 5.74) is 2.95. The van der Waals surface area contributed by atoms with Crippen LogP contribution in [-0.2, 0) is 4.79 Å². The molecule has 0 aliphatic heterocycles. The van der Waals surface area contributed by atoms with E-state index in [1.807, 2.05) is 38.1 Å². The van der Waals surface area contributed by atoms with Gasteiger partial charge in [0.2, 0.25) is 5.91 Å². The first-order valence-electron chi connectivity index (χ1n) is 6.94. The molecule has 0 spiro atoms. The molecule has 0 saturated carbocycles. The summed E-state index contributed by atoms with van der Waals surface area (Å²) in [5.74, 6) is -0.0786. The molecule has 1 unspecified atom stereocenters. The van der Waals surface area contributed by atoms with Gasteiger partial charge in [-0.15, -0.1) is 0 Å². The van der Waals surface area contributed by atoms with Crippen molar-refractivity contribution in [2.24, 2.45) is 0 Å². The van der Waals surface area contributed by atoms with Crippen LogP contribution in [0.15, 0.2) is 36.4 Å². The molecule has 0 bridgehead atoms. The molecule has 104 valence electrons. The van der Waals surface area contributed by atoms with Gasteiger partial charge >= 0.3 is 0 Å². The number of benzene rings is 1. The number of nitrogens with one attached hydrogen (secondary N) is 1. The minimum Gasteiger partial charge on any atom is -0.350 e. The van der Waals surface area contributed by atoms with Gasteiger partial charge in [-0.1, -0.05) is 24.6 Å². The van der Waals surface area contributed by atoms with Gasteiger partial charge in [-0.25, -0.2) is 4.98 Å². The number of hydrogen-bond acceptors (Lipinski definition) is 2. The molecule has 1 N–H and O–H groups in total. The maximum Gasteiger partial charge on any atom is 0.244 e. The average Bonchev–Trinajstić information content (AvgIpc) is 2.44. The van der Waals surface area contributed by atoms with Crippen molar-refractivity contribution in [1.29, 1.82) is 0 Å². The van der Waals surface area contributed by atoms with Crippen LogP contribution < -0.4 is 5.32 Å². The first-order valence-corrected chi connectivity index (χ1v) is 6.94. The highest BCUT2D eigenvalue weighted by molar-refractivity contribution is 5.92. The minimum absolute atomic E-state index is 0.0786. The van der Waals surface area contributed by atoms with Gasteiger partial charge in [0.15, 0.2) is 0 Å². The van der Waals surface area contributed by atoms with E-state index in [0.29, 0.717) is 0 Å². The zero-order valence-electron chi connectivity index (χ0n) is 12.2. The number of amides is 1. The summed E-state index contributed by atoms with van der Waals surface area (Å²) in [5, 5.41) is 4.01. The highest BCUT2D eigenvalue weighted by Gasteiger charge is 2.01. The molecule has 3 nitrogen and oxygen atoms in total. The van der Waals surface area contributed by atoms with Gasteiger partial charge in [0.1, 0.15) is 0 Å². The van der Waals surface area contributed by atoms with E-state index in [1.165, 1.54) is 11.6 Å². The monoisotopic (exact) mass is 268 g/mol. The van der Waals surface area contributed by atoms with Crippen LogP contribution in [0, 0.1) is 6.92 Å². The third kappa shape index (κ3) is 3.67. The average molecular weight is 268 g/mol. The lowest BCUT2D eigenvalue weighted by Gasteiger charge is -2.08. The van der Waals surface area contributed by atoms with E-state index in [-0.39, 0.29) is 11.9 Å². The second-order valence-electron chi connectivity index (χ2n) is 5.08. The number of fused-ring (bicyclic) bond motifs is 1. The van der Waals surface area contributed by atoms with Gasteiger partial charge in [-0.3, -0.25) is 4.79 Å². The number of aryl methyl sites for hydroxylation is 1. The SMILES string of the molecule is CCC(C)NC(=O)/C=C/c1ccc2cc(C)ccc2n1. The van der Waals surface area contributed by atoms with Gasteiger partial charge in [0.25, 0.3) is 0 Å². The molecule has 1 aromatic carbocycles. The van der Waals surface area contributed by atoms with Crippen LogP contribution >= 0.6 is 0 Å². The fourth-order valence-electron chi connectivity index (χ4n) is 1.91. The molecule has 20 heavy (non-hydrogen) atoms. The number of pyridine rings is 1. The highest BCUT2D eigenvalue weighted by Crippen LogP contribution is 2.15. The molecule has 0 aliphatic carbocycles. The van der Waals surface area contributed by atoms with E-state index < -0.39 is 0 Å². The fourth-order valence-corrected chi connectivity index (χ4v) is 1.91. The first kappa shape index (κ1) is 14.3. The maximum atomic E-state index is 11.7. The third-order valence-electron chi connectivity index (χ3n) is 3.27. The molecule has 3 heteroatoms. The number of aromatic nitrogens is 1. The predicted octanol–water partition coefficient (Wildman–Crippen LogP) is 3.47. The number of hydrogen-bond donors (Lipinski definition) is 1. The van der Waals surface area contributed by atoms with Gasteiger partial charge in [-0.05, 0) is 44.5 Å². The normalized spacial score (nSPS) is 12.8. The number of rotatable bonds is 4. The van der Waals surface area contributed by atoms with Crippen LogP contribution in [0.5, 0.6) is 0 Å². The third-order valence-corrected chi connectivity index (χ3v) is 3.27. The molecule has 1 amide bonds. The van der Waals surface area contributed by atoms with E-state index in [9.17, 15) is 4.79 Å². The van der Waals surface area contributed by atoms with E-state index in [0.717, 1.165) is 23.0 Å². The van der Waals surface area contributed by atoms with E-state index in [1.54, 1.807) is 6.08 Å². The number of nitrogens with zero attached hydrogens (tertiary/aromatic N) is 1. The Morgan fingerprint density at radius 3 is 2.90 bits per heavy atom. The summed E-state index contributed by atoms with van der Waals surface area (Å²) < 4.78 is 0. The van der Waals surface area contributed by atoms with Crippen molar-refractivity contribution in [2.45, 2.75) is 33.2 Å². The summed E-state index contributed by atoms with van der Waals surface area (Å²) in [4.78, 5) is 16.2. The lowest BCUT2D eigenvalue weighted by atomic mass is 10.1. The summed E-state index contributed by atoms with van der Waals surface area (Å²) in [6.45, 7) is 6.09. The Kier molecular flexibility index (Phi) is 4.51. The summed E-state index contributed by atoms with van der Waals surface area (Å²) >= 11 is 0. The van der Waals surface area contributed by atoms with Crippen molar-refractivity contribution in [2.75, 3.05) is 0 Å². The van der Waals surface area contributed by atoms with Gasteiger partial charge in [-0.2, -0.15) is 0 Å². The lowest BCUT2D eigenvalue weighted by Crippen LogP contribution is -2.30. The largest absolute Gasteiger partial charge is 0.350 e. The topological polar surface area (TPSA) is 42.0 Å². The van der Waals surface area contributed by atoms with Crippen LogP contribution in [0.2, 0.25) is 0 Å². The molecule has 0 fully saturated rings. The Morgan fingerprint density at radius 2 is 2.15 bits per heavy atom. The van der Waals surface area contributed by atoms with Crippen molar-refractivity contribution in [3.05, 3.63) is 47.7 Å². The first-order chi connectivity index (χ1) is 9.58. The minimum atomic E-state index is -0.0786. The number of carbonyl (C=O) groups excluding carboxylic acids is 1. The summed E-state index contributed by atoms with van der Waals surface area (Å²) in [7, 11) is 0. The zero-order valence-corrected chi connectivity index (χ0v) is 12.2. The van der Waals surface area contributed by atoms with E-state index in [4.69, 9.17) is 0 Å². The van der Waals surface area contributed by atoms with Crippen molar-refractivity contribution in [1.82, 2.24) is 10.3 Å². The molecule has 0 saturated heterocycles. The molecule has 0 aliphatic rings. The smallest absolute Gasteiger partial charge is 0.244 e. The second-order valence-corrected chi connectivity index (χ2v) is 5.08.